The molecular formula is C22H24N2O4S. The highest BCUT2D eigenvalue weighted by molar-refractivity contribution is 7.16. The fourth-order valence-electron chi connectivity index (χ4n) is 2.94. The molecule has 0 saturated carbocycles. The number of carbonyl (C=O) groups is 2. The Kier molecular flexibility index (Phi) is 6.49. The van der Waals surface area contributed by atoms with Crippen LogP contribution in [0.15, 0.2) is 41.4 Å². The minimum atomic E-state index is -0.309. The van der Waals surface area contributed by atoms with Gasteiger partial charge in [0.05, 0.1) is 30.4 Å². The van der Waals surface area contributed by atoms with E-state index in [1.165, 1.54) is 11.3 Å². The molecule has 3 aromatic rings. The van der Waals surface area contributed by atoms with Gasteiger partial charge in [-0.3, -0.25) is 9.59 Å². The van der Waals surface area contributed by atoms with Crippen molar-refractivity contribution in [3.8, 4) is 5.75 Å². The van der Waals surface area contributed by atoms with E-state index < -0.39 is 0 Å². The van der Waals surface area contributed by atoms with E-state index in [0.29, 0.717) is 23.5 Å². The molecule has 0 saturated heterocycles. The number of aromatic nitrogens is 1. The van der Waals surface area contributed by atoms with E-state index in [1.54, 1.807) is 20.1 Å². The molecule has 0 spiro atoms. The number of rotatable bonds is 6. The normalized spacial score (nSPS) is 11.7. The minimum absolute atomic E-state index is 0.205. The van der Waals surface area contributed by atoms with Crippen molar-refractivity contribution in [3.63, 3.8) is 0 Å². The van der Waals surface area contributed by atoms with Crippen LogP contribution in [0.4, 0.5) is 0 Å². The summed E-state index contributed by atoms with van der Waals surface area (Å²) in [6, 6.07) is 11.2. The van der Waals surface area contributed by atoms with Crippen LogP contribution in [0.2, 0.25) is 0 Å². The number of amides is 1. The average molecular weight is 413 g/mol. The summed E-state index contributed by atoms with van der Waals surface area (Å²) in [5, 5.41) is 0. The first kappa shape index (κ1) is 20.8. The molecule has 0 aliphatic heterocycles. The number of fused-ring (bicyclic) bond motifs is 1. The number of hydrogen-bond acceptors (Lipinski definition) is 5. The van der Waals surface area contributed by atoms with Gasteiger partial charge in [-0.1, -0.05) is 17.4 Å². The number of hydrogen-bond donors (Lipinski definition) is 0. The van der Waals surface area contributed by atoms with Gasteiger partial charge < -0.3 is 14.0 Å². The first-order valence-electron chi connectivity index (χ1n) is 9.42. The topological polar surface area (TPSA) is 69.9 Å². The molecule has 152 valence electrons. The molecule has 0 bridgehead atoms. The molecule has 1 aromatic heterocycles. The van der Waals surface area contributed by atoms with Gasteiger partial charge in [-0.15, -0.1) is 0 Å². The van der Waals surface area contributed by atoms with Gasteiger partial charge in [-0.05, 0) is 62.2 Å². The van der Waals surface area contributed by atoms with Crippen molar-refractivity contribution >= 4 is 33.4 Å². The fourth-order valence-corrected chi connectivity index (χ4v) is 4.03. The number of esters is 1. The number of ether oxygens (including phenoxy) is 2. The lowest BCUT2D eigenvalue weighted by Gasteiger charge is -2.06. The van der Waals surface area contributed by atoms with Gasteiger partial charge >= 0.3 is 5.97 Å². The first-order valence-corrected chi connectivity index (χ1v) is 10.2. The van der Waals surface area contributed by atoms with E-state index in [1.807, 2.05) is 48.7 Å². The molecule has 3 rings (SSSR count). The maximum absolute atomic E-state index is 12.8. The summed E-state index contributed by atoms with van der Waals surface area (Å²) in [6.45, 7) is 6.47. The number of thiazole rings is 1. The third kappa shape index (κ3) is 4.74. The van der Waals surface area contributed by atoms with Gasteiger partial charge in [0.25, 0.3) is 5.91 Å². The van der Waals surface area contributed by atoms with Crippen molar-refractivity contribution in [2.75, 3.05) is 13.7 Å². The van der Waals surface area contributed by atoms with Crippen LogP contribution in [0.3, 0.4) is 0 Å². The summed E-state index contributed by atoms with van der Waals surface area (Å²) in [6.07, 6.45) is 0.205. The molecule has 1 heterocycles. The summed E-state index contributed by atoms with van der Waals surface area (Å²) >= 11 is 1.39. The van der Waals surface area contributed by atoms with Crippen molar-refractivity contribution in [2.24, 2.45) is 4.99 Å². The van der Waals surface area contributed by atoms with Gasteiger partial charge in [0, 0.05) is 12.1 Å². The van der Waals surface area contributed by atoms with E-state index in [0.717, 1.165) is 27.1 Å². The summed E-state index contributed by atoms with van der Waals surface area (Å²) in [4.78, 5) is 29.5. The third-order valence-corrected chi connectivity index (χ3v) is 5.73. The summed E-state index contributed by atoms with van der Waals surface area (Å²) in [7, 11) is 1.61. The molecule has 0 aliphatic rings. The minimum Gasteiger partial charge on any atom is -0.497 e. The lowest BCUT2D eigenvalue weighted by molar-refractivity contribution is -0.143. The molecule has 0 N–H and O–H groups in total. The summed E-state index contributed by atoms with van der Waals surface area (Å²) < 4.78 is 13.2. The van der Waals surface area contributed by atoms with Gasteiger partial charge in [0.1, 0.15) is 5.75 Å². The highest BCUT2D eigenvalue weighted by Crippen LogP contribution is 2.23. The molecule has 29 heavy (non-hydrogen) atoms. The molecule has 0 radical (unpaired) electrons. The van der Waals surface area contributed by atoms with Crippen LogP contribution >= 0.6 is 11.3 Å². The Morgan fingerprint density at radius 1 is 1.10 bits per heavy atom. The van der Waals surface area contributed by atoms with Crippen LogP contribution in [0.5, 0.6) is 5.75 Å². The Hall–Kier alpha value is -2.93. The smallest absolute Gasteiger partial charge is 0.307 e. The van der Waals surface area contributed by atoms with Crippen molar-refractivity contribution in [1.82, 2.24) is 4.57 Å². The fraction of sp³-hybridized carbons (Fsp3) is 0.318. The largest absolute Gasteiger partial charge is 0.497 e. The van der Waals surface area contributed by atoms with Crippen LogP contribution in [0.1, 0.15) is 34.8 Å². The Labute approximate surface area is 173 Å². The molecule has 0 fully saturated rings. The quantitative estimate of drug-likeness (QED) is 0.574. The van der Waals surface area contributed by atoms with E-state index in [2.05, 4.69) is 4.99 Å². The molecule has 6 nitrogen and oxygen atoms in total. The summed E-state index contributed by atoms with van der Waals surface area (Å²) in [5.41, 5.74) is 3.61. The average Bonchev–Trinajstić information content (AvgIpc) is 3.04. The maximum Gasteiger partial charge on any atom is 0.307 e. The molecule has 2 aromatic carbocycles. The van der Waals surface area contributed by atoms with Crippen molar-refractivity contribution in [1.29, 1.82) is 0 Å². The van der Waals surface area contributed by atoms with E-state index in [-0.39, 0.29) is 18.3 Å². The number of carbonyl (C=O) groups excluding carboxylic acids is 2. The highest BCUT2D eigenvalue weighted by Gasteiger charge is 2.12. The molecule has 0 aliphatic carbocycles. The predicted molar refractivity (Wildman–Crippen MR) is 113 cm³/mol. The molecule has 0 atom stereocenters. The van der Waals surface area contributed by atoms with E-state index in [9.17, 15) is 9.59 Å². The number of aryl methyl sites for hydroxylation is 3. The maximum atomic E-state index is 12.8. The Morgan fingerprint density at radius 2 is 1.90 bits per heavy atom. The number of nitrogens with zero attached hydrogens (tertiary/aromatic N) is 2. The monoisotopic (exact) mass is 412 g/mol. The lowest BCUT2D eigenvalue weighted by Crippen LogP contribution is -2.19. The molecule has 1 amide bonds. The lowest BCUT2D eigenvalue weighted by atomic mass is 10.1. The van der Waals surface area contributed by atoms with E-state index >= 15 is 0 Å². The third-order valence-electron chi connectivity index (χ3n) is 4.69. The second-order valence-electron chi connectivity index (χ2n) is 6.64. The van der Waals surface area contributed by atoms with Crippen LogP contribution < -0.4 is 9.54 Å². The van der Waals surface area contributed by atoms with Crippen LogP contribution in [-0.2, 0) is 16.1 Å². The zero-order chi connectivity index (χ0) is 21.0. The van der Waals surface area contributed by atoms with Crippen LogP contribution in [-0.4, -0.2) is 30.2 Å². The van der Waals surface area contributed by atoms with Crippen molar-refractivity contribution < 1.29 is 19.1 Å². The zero-order valence-corrected chi connectivity index (χ0v) is 17.8. The standard InChI is InChI=1S/C22H24N2O4S/c1-5-28-20(25)10-11-24-18-9-8-17(27-4)13-19(18)29-22(24)23-21(26)16-7-6-14(2)15(3)12-16/h6-9,12-13H,5,10-11H2,1-4H3. The first-order chi connectivity index (χ1) is 13.9. The second-order valence-corrected chi connectivity index (χ2v) is 7.65. The molecule has 0 unspecified atom stereocenters. The van der Waals surface area contributed by atoms with Crippen molar-refractivity contribution in [2.45, 2.75) is 33.7 Å². The van der Waals surface area contributed by atoms with Crippen LogP contribution in [0, 0.1) is 13.8 Å². The Bertz CT molecular complexity index is 1130. The summed E-state index contributed by atoms with van der Waals surface area (Å²) in [5.74, 6) is 0.138. The van der Waals surface area contributed by atoms with E-state index in [4.69, 9.17) is 9.47 Å². The van der Waals surface area contributed by atoms with Gasteiger partial charge in [-0.25, -0.2) is 0 Å². The zero-order valence-electron chi connectivity index (χ0n) is 17.0. The SMILES string of the molecule is CCOC(=O)CCn1c(=NC(=O)c2ccc(C)c(C)c2)sc2cc(OC)ccc21. The van der Waals surface area contributed by atoms with Gasteiger partial charge in [0.2, 0.25) is 0 Å². The predicted octanol–water partition coefficient (Wildman–Crippen LogP) is 4.02. The van der Waals surface area contributed by atoms with Gasteiger partial charge in [0.15, 0.2) is 4.80 Å². The highest BCUT2D eigenvalue weighted by atomic mass is 32.1. The molecular weight excluding hydrogens is 388 g/mol. The van der Waals surface area contributed by atoms with Crippen LogP contribution in [0.25, 0.3) is 10.2 Å². The number of benzene rings is 2. The molecule has 7 heteroatoms. The Morgan fingerprint density at radius 3 is 2.59 bits per heavy atom. The number of methoxy groups -OCH3 is 1. The van der Waals surface area contributed by atoms with Gasteiger partial charge in [-0.2, -0.15) is 4.99 Å². The second kappa shape index (κ2) is 9.05. The van der Waals surface area contributed by atoms with Crippen molar-refractivity contribution in [3.05, 3.63) is 57.9 Å². The Balaban J connectivity index is 2.05.